The number of hydrogen-bond acceptors (Lipinski definition) is 8. The van der Waals surface area contributed by atoms with Crippen LogP contribution in [0.1, 0.15) is 29.9 Å². The molecule has 2 aromatic rings. The smallest absolute Gasteiger partial charge is 0.238 e. The van der Waals surface area contributed by atoms with Crippen LogP contribution in [0.5, 0.6) is 17.2 Å². The molecule has 1 fully saturated rings. The van der Waals surface area contributed by atoms with Crippen LogP contribution in [0.3, 0.4) is 0 Å². The number of nitrogens with zero attached hydrogens (tertiary/aromatic N) is 1. The van der Waals surface area contributed by atoms with Gasteiger partial charge in [0.1, 0.15) is 18.0 Å². The number of amides is 2. The van der Waals surface area contributed by atoms with Gasteiger partial charge in [-0.25, -0.2) is 0 Å². The molecule has 2 amide bonds. The zero-order valence-corrected chi connectivity index (χ0v) is 20.4. The summed E-state index contributed by atoms with van der Waals surface area (Å²) in [5.41, 5.74) is 2.55. The van der Waals surface area contributed by atoms with Crippen LogP contribution in [0.4, 0.5) is 5.69 Å². The molecule has 3 aliphatic heterocycles. The summed E-state index contributed by atoms with van der Waals surface area (Å²) in [4.78, 5) is 26.7. The van der Waals surface area contributed by atoms with Crippen LogP contribution in [-0.4, -0.2) is 74.2 Å². The van der Waals surface area contributed by atoms with E-state index in [1.54, 1.807) is 11.0 Å². The molecule has 0 aliphatic carbocycles. The molecule has 5 rings (SSSR count). The summed E-state index contributed by atoms with van der Waals surface area (Å²) in [7, 11) is 3.67. The first-order valence-electron chi connectivity index (χ1n) is 12.1. The van der Waals surface area contributed by atoms with E-state index in [0.717, 1.165) is 11.1 Å². The summed E-state index contributed by atoms with van der Waals surface area (Å²) in [6.07, 6.45) is -0.526. The molecule has 3 N–H and O–H groups in total. The number of benzene rings is 2. The Hall–Kier alpha value is -3.34. The number of ether oxygens (including phenoxy) is 4. The number of carbonyl (C=O) groups excluding carboxylic acids is 2. The molecule has 0 spiro atoms. The van der Waals surface area contributed by atoms with Gasteiger partial charge < -0.3 is 39.6 Å². The summed E-state index contributed by atoms with van der Waals surface area (Å²) in [6.45, 7) is 0.634. The van der Waals surface area contributed by atoms with Crippen molar-refractivity contribution in [3.05, 3.63) is 47.5 Å². The third-order valence-electron chi connectivity index (χ3n) is 6.58. The average molecular weight is 498 g/mol. The number of likely N-dealkylation sites (N-methyl/N-ethyl adjacent to an activating group) is 1. The maximum Gasteiger partial charge on any atom is 0.238 e. The van der Waals surface area contributed by atoms with Gasteiger partial charge in [-0.15, -0.1) is 0 Å². The fourth-order valence-electron chi connectivity index (χ4n) is 4.99. The van der Waals surface area contributed by atoms with E-state index in [9.17, 15) is 14.7 Å². The number of nitrogens with one attached hydrogen (secondary N) is 2. The van der Waals surface area contributed by atoms with Gasteiger partial charge in [0.05, 0.1) is 25.7 Å². The van der Waals surface area contributed by atoms with E-state index in [1.807, 2.05) is 44.4 Å². The van der Waals surface area contributed by atoms with Crippen LogP contribution < -0.4 is 24.8 Å². The Morgan fingerprint density at radius 3 is 2.67 bits per heavy atom. The van der Waals surface area contributed by atoms with Gasteiger partial charge in [0.15, 0.2) is 11.5 Å². The minimum absolute atomic E-state index is 0.0525. The highest BCUT2D eigenvalue weighted by Crippen LogP contribution is 2.47. The molecule has 10 nitrogen and oxygen atoms in total. The summed E-state index contributed by atoms with van der Waals surface area (Å²) in [6, 6.07) is 11.1. The van der Waals surface area contributed by atoms with E-state index in [2.05, 4.69) is 10.6 Å². The molecule has 1 saturated heterocycles. The molecular weight excluding hydrogens is 466 g/mol. The lowest BCUT2D eigenvalue weighted by Gasteiger charge is -2.37. The van der Waals surface area contributed by atoms with Gasteiger partial charge >= 0.3 is 0 Å². The molecule has 4 atom stereocenters. The first kappa shape index (κ1) is 24.4. The van der Waals surface area contributed by atoms with E-state index in [4.69, 9.17) is 18.9 Å². The largest absolute Gasteiger partial charge is 0.487 e. The lowest BCUT2D eigenvalue weighted by molar-refractivity contribution is -0.142. The van der Waals surface area contributed by atoms with Crippen LogP contribution >= 0.6 is 0 Å². The number of anilines is 1. The van der Waals surface area contributed by atoms with Gasteiger partial charge in [-0.2, -0.15) is 0 Å². The van der Waals surface area contributed by atoms with Crippen molar-refractivity contribution >= 4 is 17.5 Å². The van der Waals surface area contributed by atoms with Crippen LogP contribution in [-0.2, 0) is 20.9 Å². The second kappa shape index (κ2) is 10.3. The van der Waals surface area contributed by atoms with Crippen molar-refractivity contribution in [2.24, 2.45) is 0 Å². The Morgan fingerprint density at radius 2 is 1.86 bits per heavy atom. The Kier molecular flexibility index (Phi) is 6.99. The molecule has 36 heavy (non-hydrogen) atoms. The van der Waals surface area contributed by atoms with Crippen molar-refractivity contribution < 1.29 is 33.6 Å². The van der Waals surface area contributed by atoms with Gasteiger partial charge in [0, 0.05) is 23.7 Å². The third kappa shape index (κ3) is 5.25. The topological polar surface area (TPSA) is 119 Å². The van der Waals surface area contributed by atoms with Crippen LogP contribution in [0.2, 0.25) is 0 Å². The van der Waals surface area contributed by atoms with Gasteiger partial charge in [0.2, 0.25) is 18.6 Å². The fraction of sp³-hybridized carbons (Fsp3) is 0.462. The molecule has 0 saturated carbocycles. The highest BCUT2D eigenvalue weighted by atomic mass is 16.7. The van der Waals surface area contributed by atoms with Crippen molar-refractivity contribution in [2.45, 2.75) is 43.6 Å². The lowest BCUT2D eigenvalue weighted by Crippen LogP contribution is -2.47. The summed E-state index contributed by atoms with van der Waals surface area (Å²) < 4.78 is 22.9. The highest BCUT2D eigenvalue weighted by Gasteiger charge is 2.46. The molecule has 2 aromatic carbocycles. The third-order valence-corrected chi connectivity index (χ3v) is 6.58. The fourth-order valence-corrected chi connectivity index (χ4v) is 4.99. The van der Waals surface area contributed by atoms with Crippen LogP contribution in [0.25, 0.3) is 0 Å². The Morgan fingerprint density at radius 1 is 1.06 bits per heavy atom. The van der Waals surface area contributed by atoms with Gasteiger partial charge in [0.25, 0.3) is 0 Å². The predicted octanol–water partition coefficient (Wildman–Crippen LogP) is 1.62. The standard InChI is InChI=1S/C26H31N3O7/c1-29(2)12-25(32)28-16-4-6-20-18(8-16)19-9-17(35-23(13-30)26(19)36-20)10-24(31)27-11-15-3-5-21-22(7-15)34-14-33-21/h3-8,17,19,23,26,30H,9-14H2,1-2H3,(H,27,31)(H,28,32)/t17-,19+,23+,26-/m0/s1. The summed E-state index contributed by atoms with van der Waals surface area (Å²) >= 11 is 0. The zero-order valence-electron chi connectivity index (χ0n) is 20.4. The molecule has 3 aliphatic rings. The SMILES string of the molecule is CN(C)CC(=O)Nc1ccc2c(c1)[C@H]1C[C@@H](CC(=O)NCc3ccc4c(c3)OCO4)O[C@H](CO)[C@H]1O2. The second-order valence-corrected chi connectivity index (χ2v) is 9.61. The van der Waals surface area contributed by atoms with E-state index >= 15 is 0 Å². The molecule has 3 heterocycles. The van der Waals surface area contributed by atoms with E-state index < -0.39 is 6.10 Å². The predicted molar refractivity (Wildman–Crippen MR) is 130 cm³/mol. The van der Waals surface area contributed by atoms with Crippen molar-refractivity contribution in [3.63, 3.8) is 0 Å². The zero-order chi connectivity index (χ0) is 25.2. The Labute approximate surface area is 209 Å². The van der Waals surface area contributed by atoms with E-state index in [-0.39, 0.29) is 56.3 Å². The van der Waals surface area contributed by atoms with E-state index in [1.165, 1.54) is 0 Å². The lowest BCUT2D eigenvalue weighted by atomic mass is 9.84. The monoisotopic (exact) mass is 497 g/mol. The molecule has 0 unspecified atom stereocenters. The molecule has 0 aromatic heterocycles. The number of aliphatic hydroxyl groups is 1. The number of carbonyl (C=O) groups is 2. The first-order valence-corrected chi connectivity index (χ1v) is 12.1. The van der Waals surface area contributed by atoms with Crippen molar-refractivity contribution in [1.29, 1.82) is 0 Å². The van der Waals surface area contributed by atoms with Crippen LogP contribution in [0.15, 0.2) is 36.4 Å². The Bertz CT molecular complexity index is 1140. The summed E-state index contributed by atoms with van der Waals surface area (Å²) in [5, 5.41) is 15.8. The quantitative estimate of drug-likeness (QED) is 0.504. The molecular formula is C26H31N3O7. The van der Waals surface area contributed by atoms with Crippen molar-refractivity contribution in [2.75, 3.05) is 39.4 Å². The second-order valence-electron chi connectivity index (χ2n) is 9.61. The number of rotatable bonds is 8. The first-order chi connectivity index (χ1) is 17.4. The molecule has 0 bridgehead atoms. The van der Waals surface area contributed by atoms with Crippen LogP contribution in [0, 0.1) is 0 Å². The van der Waals surface area contributed by atoms with Gasteiger partial charge in [-0.3, -0.25) is 9.59 Å². The Balaban J connectivity index is 1.22. The van der Waals surface area contributed by atoms with Gasteiger partial charge in [-0.1, -0.05) is 6.07 Å². The minimum atomic E-state index is -0.547. The average Bonchev–Trinajstić information content (AvgIpc) is 3.46. The maximum atomic E-state index is 12.7. The number of fused-ring (bicyclic) bond motifs is 4. The summed E-state index contributed by atoms with van der Waals surface area (Å²) in [5.74, 6) is 1.79. The molecule has 192 valence electrons. The van der Waals surface area contributed by atoms with E-state index in [0.29, 0.717) is 35.9 Å². The minimum Gasteiger partial charge on any atom is -0.487 e. The molecule has 0 radical (unpaired) electrons. The van der Waals surface area contributed by atoms with Crippen molar-refractivity contribution in [3.8, 4) is 17.2 Å². The number of aliphatic hydroxyl groups excluding tert-OH is 1. The molecule has 10 heteroatoms. The van der Waals surface area contributed by atoms with Gasteiger partial charge in [-0.05, 0) is 56.4 Å². The normalized spacial score (nSPS) is 23.6. The highest BCUT2D eigenvalue weighted by molar-refractivity contribution is 5.92. The van der Waals surface area contributed by atoms with Crippen molar-refractivity contribution in [1.82, 2.24) is 10.2 Å². The number of hydrogen-bond donors (Lipinski definition) is 3. The maximum absolute atomic E-state index is 12.7.